The van der Waals surface area contributed by atoms with E-state index in [1.54, 1.807) is 16.7 Å². The maximum absolute atomic E-state index is 12.3. The second-order valence-electron chi connectivity index (χ2n) is 6.54. The highest BCUT2D eigenvalue weighted by Gasteiger charge is 2.20. The number of hydrogen-bond donors (Lipinski definition) is 0. The van der Waals surface area contributed by atoms with Crippen LogP contribution in [0.3, 0.4) is 0 Å². The van der Waals surface area contributed by atoms with Gasteiger partial charge < -0.3 is 4.74 Å². The van der Waals surface area contributed by atoms with Crippen molar-refractivity contribution >= 4 is 28.6 Å². The maximum Gasteiger partial charge on any atom is 0.340 e. The fraction of sp³-hybridized carbons (Fsp3) is 0.0870. The van der Waals surface area contributed by atoms with Crippen LogP contribution in [0.1, 0.15) is 21.5 Å². The fourth-order valence-corrected chi connectivity index (χ4v) is 3.68. The number of fused-ring (bicyclic) bond motifs is 1. The number of nitrogens with zero attached hydrogens (tertiary/aromatic N) is 3. The maximum atomic E-state index is 12.3. The van der Waals surface area contributed by atoms with Gasteiger partial charge in [-0.25, -0.2) is 9.78 Å². The minimum absolute atomic E-state index is 0.254. The molecule has 0 spiro atoms. The Labute approximate surface area is 172 Å². The van der Waals surface area contributed by atoms with Crippen LogP contribution >= 0.6 is 11.6 Å². The molecule has 0 saturated heterocycles. The lowest BCUT2D eigenvalue weighted by molar-refractivity contribution is 0.0602. The molecule has 1 aromatic heterocycles. The smallest absolute Gasteiger partial charge is 0.340 e. The summed E-state index contributed by atoms with van der Waals surface area (Å²) >= 11 is 6.46. The van der Waals surface area contributed by atoms with Crippen LogP contribution < -0.4 is 0 Å². The molecular formula is C23H16ClN3O2. The zero-order valence-electron chi connectivity index (χ0n) is 15.8. The van der Waals surface area contributed by atoms with Crippen molar-refractivity contribution in [2.45, 2.75) is 6.92 Å². The van der Waals surface area contributed by atoms with Gasteiger partial charge in [0.15, 0.2) is 0 Å². The van der Waals surface area contributed by atoms with E-state index in [4.69, 9.17) is 16.3 Å². The summed E-state index contributed by atoms with van der Waals surface area (Å²) in [6.07, 6.45) is 0. The number of rotatable bonds is 3. The zero-order valence-corrected chi connectivity index (χ0v) is 16.6. The number of methoxy groups -OCH3 is 1. The SMILES string of the molecule is COC(=O)c1ccc(C)c2nc(Cl)n(-c3ccc(-c4ccccc4C#N)cc3)c12. The summed E-state index contributed by atoms with van der Waals surface area (Å²) in [6, 6.07) is 20.8. The van der Waals surface area contributed by atoms with Gasteiger partial charge in [0.05, 0.1) is 35.3 Å². The number of nitriles is 1. The largest absolute Gasteiger partial charge is 0.465 e. The third-order valence-corrected chi connectivity index (χ3v) is 5.11. The first-order valence-corrected chi connectivity index (χ1v) is 9.28. The predicted octanol–water partition coefficient (Wildman–Crippen LogP) is 5.31. The van der Waals surface area contributed by atoms with Crippen LogP contribution in [0.25, 0.3) is 27.8 Å². The van der Waals surface area contributed by atoms with Crippen LogP contribution in [-0.4, -0.2) is 22.6 Å². The Morgan fingerprint density at radius 2 is 1.83 bits per heavy atom. The van der Waals surface area contributed by atoms with E-state index in [0.29, 0.717) is 22.2 Å². The first kappa shape index (κ1) is 18.7. The van der Waals surface area contributed by atoms with E-state index in [9.17, 15) is 10.1 Å². The van der Waals surface area contributed by atoms with Crippen molar-refractivity contribution in [1.29, 1.82) is 5.26 Å². The van der Waals surface area contributed by atoms with Crippen LogP contribution in [0, 0.1) is 18.3 Å². The molecule has 3 aromatic carbocycles. The number of carbonyl (C=O) groups excluding carboxylic acids is 1. The van der Waals surface area contributed by atoms with Gasteiger partial charge in [0.25, 0.3) is 0 Å². The van der Waals surface area contributed by atoms with Gasteiger partial charge in [-0.05, 0) is 59.5 Å². The molecule has 0 aliphatic carbocycles. The van der Waals surface area contributed by atoms with Gasteiger partial charge in [-0.3, -0.25) is 4.57 Å². The van der Waals surface area contributed by atoms with E-state index >= 15 is 0 Å². The van der Waals surface area contributed by atoms with Gasteiger partial charge in [0.1, 0.15) is 0 Å². The molecule has 0 N–H and O–H groups in total. The number of ether oxygens (including phenoxy) is 1. The van der Waals surface area contributed by atoms with Crippen LogP contribution in [0.4, 0.5) is 0 Å². The monoisotopic (exact) mass is 401 g/mol. The van der Waals surface area contributed by atoms with E-state index in [1.807, 2.05) is 55.5 Å². The van der Waals surface area contributed by atoms with Crippen molar-refractivity contribution in [3.63, 3.8) is 0 Å². The summed E-state index contributed by atoms with van der Waals surface area (Å²) in [7, 11) is 1.35. The molecule has 4 aromatic rings. The van der Waals surface area contributed by atoms with Gasteiger partial charge in [-0.1, -0.05) is 36.4 Å². The second kappa shape index (κ2) is 7.42. The van der Waals surface area contributed by atoms with Gasteiger partial charge in [0, 0.05) is 5.69 Å². The summed E-state index contributed by atoms with van der Waals surface area (Å²) in [4.78, 5) is 16.8. The van der Waals surface area contributed by atoms with E-state index in [1.165, 1.54) is 7.11 Å². The Bertz CT molecular complexity index is 1280. The quantitative estimate of drug-likeness (QED) is 0.436. The van der Waals surface area contributed by atoms with Crippen molar-refractivity contribution in [2.24, 2.45) is 0 Å². The molecule has 4 rings (SSSR count). The molecule has 142 valence electrons. The summed E-state index contributed by atoms with van der Waals surface area (Å²) in [6.45, 7) is 1.92. The van der Waals surface area contributed by atoms with Crippen molar-refractivity contribution < 1.29 is 9.53 Å². The Morgan fingerprint density at radius 3 is 2.52 bits per heavy atom. The molecule has 0 fully saturated rings. The Balaban J connectivity index is 1.90. The minimum atomic E-state index is -0.451. The molecule has 0 bridgehead atoms. The Kier molecular flexibility index (Phi) is 4.79. The number of imidazole rings is 1. The summed E-state index contributed by atoms with van der Waals surface area (Å²) < 4.78 is 6.67. The van der Waals surface area contributed by atoms with Crippen molar-refractivity contribution in [3.05, 3.63) is 82.6 Å². The summed E-state index contributed by atoms with van der Waals surface area (Å²) in [5.74, 6) is -0.451. The highest BCUT2D eigenvalue weighted by atomic mass is 35.5. The predicted molar refractivity (Wildman–Crippen MR) is 112 cm³/mol. The topological polar surface area (TPSA) is 67.9 Å². The number of aryl methyl sites for hydroxylation is 1. The molecule has 0 saturated carbocycles. The number of carbonyl (C=O) groups is 1. The average Bonchev–Trinajstić information content (AvgIpc) is 3.11. The van der Waals surface area contributed by atoms with Crippen LogP contribution in [0.15, 0.2) is 60.7 Å². The average molecular weight is 402 g/mol. The molecule has 0 radical (unpaired) electrons. The molecule has 0 atom stereocenters. The lowest BCUT2D eigenvalue weighted by Crippen LogP contribution is -2.05. The zero-order chi connectivity index (χ0) is 20.5. The molecule has 5 nitrogen and oxygen atoms in total. The minimum Gasteiger partial charge on any atom is -0.465 e. The highest BCUT2D eigenvalue weighted by Crippen LogP contribution is 2.31. The highest BCUT2D eigenvalue weighted by molar-refractivity contribution is 6.30. The molecule has 0 aliphatic heterocycles. The molecular weight excluding hydrogens is 386 g/mol. The molecule has 29 heavy (non-hydrogen) atoms. The van der Waals surface area contributed by atoms with Crippen LogP contribution in [0.5, 0.6) is 0 Å². The normalized spacial score (nSPS) is 10.7. The number of benzene rings is 3. The number of hydrogen-bond acceptors (Lipinski definition) is 4. The third kappa shape index (κ3) is 3.14. The molecule has 0 amide bonds. The van der Waals surface area contributed by atoms with Gasteiger partial charge in [-0.2, -0.15) is 5.26 Å². The summed E-state index contributed by atoms with van der Waals surface area (Å²) in [5.41, 5.74) is 5.69. The van der Waals surface area contributed by atoms with Crippen molar-refractivity contribution in [2.75, 3.05) is 7.11 Å². The Morgan fingerprint density at radius 1 is 1.10 bits per heavy atom. The number of halogens is 1. The fourth-order valence-electron chi connectivity index (χ4n) is 3.42. The number of esters is 1. The van der Waals surface area contributed by atoms with E-state index in [-0.39, 0.29) is 5.28 Å². The van der Waals surface area contributed by atoms with Gasteiger partial charge in [-0.15, -0.1) is 0 Å². The van der Waals surface area contributed by atoms with E-state index in [0.717, 1.165) is 22.4 Å². The standard InChI is InChI=1S/C23H16ClN3O2/c1-14-7-12-19(22(28)29-2)21-20(14)26-23(24)27(21)17-10-8-15(9-11-17)18-6-4-3-5-16(18)13-25/h3-12H,1-2H3. The third-order valence-electron chi connectivity index (χ3n) is 4.85. The second-order valence-corrected chi connectivity index (χ2v) is 6.88. The van der Waals surface area contributed by atoms with Crippen LogP contribution in [0.2, 0.25) is 5.28 Å². The van der Waals surface area contributed by atoms with Gasteiger partial charge in [0.2, 0.25) is 5.28 Å². The molecule has 0 unspecified atom stereocenters. The molecule has 1 heterocycles. The lowest BCUT2D eigenvalue weighted by atomic mass is 10.0. The molecule has 6 heteroatoms. The number of aromatic nitrogens is 2. The van der Waals surface area contributed by atoms with Crippen molar-refractivity contribution in [3.8, 4) is 22.9 Å². The Hall–Kier alpha value is -3.62. The first-order chi connectivity index (χ1) is 14.0. The van der Waals surface area contributed by atoms with Gasteiger partial charge >= 0.3 is 5.97 Å². The lowest BCUT2D eigenvalue weighted by Gasteiger charge is -2.11. The first-order valence-electron chi connectivity index (χ1n) is 8.91. The van der Waals surface area contributed by atoms with Crippen molar-refractivity contribution in [1.82, 2.24) is 9.55 Å². The van der Waals surface area contributed by atoms with Crippen LogP contribution in [-0.2, 0) is 4.74 Å². The molecule has 0 aliphatic rings. The summed E-state index contributed by atoms with van der Waals surface area (Å²) in [5, 5.41) is 9.60. The van der Waals surface area contributed by atoms with E-state index in [2.05, 4.69) is 11.1 Å². The van der Waals surface area contributed by atoms with E-state index < -0.39 is 5.97 Å².